The molecule has 0 N–H and O–H groups in total. The van der Waals surface area contributed by atoms with Crippen LogP contribution < -0.4 is 0 Å². The second kappa shape index (κ2) is 8.72. The van der Waals surface area contributed by atoms with Gasteiger partial charge in [0.05, 0.1) is 0 Å². The largest absolute Gasteiger partial charge is 0.461 e. The number of esters is 1. The lowest BCUT2D eigenvalue weighted by Gasteiger charge is -2.01. The average Bonchev–Trinajstić information content (AvgIpc) is 2.26. The van der Waals surface area contributed by atoms with Crippen LogP contribution in [0.3, 0.4) is 0 Å². The van der Waals surface area contributed by atoms with Crippen molar-refractivity contribution in [3.8, 4) is 0 Å². The number of carbonyl (C=O) groups excluding carboxylic acids is 1. The van der Waals surface area contributed by atoms with E-state index in [-0.39, 0.29) is 5.97 Å². The number of benzene rings is 1. The van der Waals surface area contributed by atoms with Crippen LogP contribution in [0, 0.1) is 0 Å². The molecule has 0 unspecified atom stereocenters. The Labute approximate surface area is 97.9 Å². The van der Waals surface area contributed by atoms with Crippen LogP contribution in [0.15, 0.2) is 42.5 Å². The lowest BCUT2D eigenvalue weighted by molar-refractivity contribution is -0.144. The normalized spacial score (nSPS) is 8.69. The standard InChI is InChI=1S/C10H12O2.C4H8/c1-2-10(11)12-8-9-6-4-3-5-7-9;1-4(2)3/h3-7H,2,8H2,1H3;1H2,2-3H3. The summed E-state index contributed by atoms with van der Waals surface area (Å²) in [6.45, 7) is 9.67. The van der Waals surface area contributed by atoms with Gasteiger partial charge in [-0.05, 0) is 19.4 Å². The third kappa shape index (κ3) is 9.00. The number of allylic oxidation sites excluding steroid dienone is 1. The number of hydrogen-bond acceptors (Lipinski definition) is 2. The zero-order chi connectivity index (χ0) is 12.4. The monoisotopic (exact) mass is 220 g/mol. The van der Waals surface area contributed by atoms with Crippen LogP contribution >= 0.6 is 0 Å². The van der Waals surface area contributed by atoms with E-state index in [2.05, 4.69) is 6.58 Å². The van der Waals surface area contributed by atoms with Crippen molar-refractivity contribution in [1.82, 2.24) is 0 Å². The van der Waals surface area contributed by atoms with Crippen molar-refractivity contribution in [1.29, 1.82) is 0 Å². The third-order valence-corrected chi connectivity index (χ3v) is 1.53. The molecule has 0 fully saturated rings. The maximum Gasteiger partial charge on any atom is 0.305 e. The van der Waals surface area contributed by atoms with Crippen LogP contribution in [0.5, 0.6) is 0 Å². The van der Waals surface area contributed by atoms with Crippen molar-refractivity contribution in [2.24, 2.45) is 0 Å². The summed E-state index contributed by atoms with van der Waals surface area (Å²) < 4.78 is 4.94. The summed E-state index contributed by atoms with van der Waals surface area (Å²) in [4.78, 5) is 10.8. The summed E-state index contributed by atoms with van der Waals surface area (Å²) in [5.74, 6) is -0.154. The first-order valence-electron chi connectivity index (χ1n) is 5.38. The molecule has 16 heavy (non-hydrogen) atoms. The van der Waals surface area contributed by atoms with Gasteiger partial charge in [0.25, 0.3) is 0 Å². The van der Waals surface area contributed by atoms with Crippen LogP contribution in [-0.4, -0.2) is 5.97 Å². The fraction of sp³-hybridized carbons (Fsp3) is 0.357. The Balaban J connectivity index is 0.000000487. The van der Waals surface area contributed by atoms with Gasteiger partial charge in [0.2, 0.25) is 0 Å². The molecular weight excluding hydrogens is 200 g/mol. The van der Waals surface area contributed by atoms with Crippen LogP contribution in [-0.2, 0) is 16.1 Å². The summed E-state index contributed by atoms with van der Waals surface area (Å²) >= 11 is 0. The van der Waals surface area contributed by atoms with Crippen molar-refractivity contribution < 1.29 is 9.53 Å². The zero-order valence-corrected chi connectivity index (χ0v) is 10.3. The fourth-order valence-electron chi connectivity index (χ4n) is 0.840. The van der Waals surface area contributed by atoms with E-state index in [4.69, 9.17) is 4.74 Å². The SMILES string of the molecule is C=C(C)C.CCC(=O)OCc1ccccc1. The first-order chi connectivity index (χ1) is 7.56. The van der Waals surface area contributed by atoms with Crippen molar-refractivity contribution in [2.45, 2.75) is 33.8 Å². The van der Waals surface area contributed by atoms with E-state index < -0.39 is 0 Å². The van der Waals surface area contributed by atoms with Crippen LogP contribution in [0.25, 0.3) is 0 Å². The van der Waals surface area contributed by atoms with E-state index in [1.165, 1.54) is 5.57 Å². The van der Waals surface area contributed by atoms with E-state index in [0.717, 1.165) is 5.56 Å². The van der Waals surface area contributed by atoms with Crippen LogP contribution in [0.2, 0.25) is 0 Å². The molecule has 2 nitrogen and oxygen atoms in total. The van der Waals surface area contributed by atoms with Gasteiger partial charge < -0.3 is 4.74 Å². The Kier molecular flexibility index (Phi) is 7.86. The minimum absolute atomic E-state index is 0.154. The number of hydrogen-bond donors (Lipinski definition) is 0. The van der Waals surface area contributed by atoms with E-state index in [1.807, 2.05) is 44.2 Å². The van der Waals surface area contributed by atoms with E-state index >= 15 is 0 Å². The highest BCUT2D eigenvalue weighted by molar-refractivity contribution is 5.68. The van der Waals surface area contributed by atoms with Crippen molar-refractivity contribution in [2.75, 3.05) is 0 Å². The van der Waals surface area contributed by atoms with Gasteiger partial charge in [-0.15, -0.1) is 6.58 Å². The van der Waals surface area contributed by atoms with Crippen molar-refractivity contribution >= 4 is 5.97 Å². The zero-order valence-electron chi connectivity index (χ0n) is 10.3. The van der Waals surface area contributed by atoms with Gasteiger partial charge in [-0.1, -0.05) is 42.8 Å². The van der Waals surface area contributed by atoms with Crippen LogP contribution in [0.1, 0.15) is 32.8 Å². The Hall–Kier alpha value is -1.57. The highest BCUT2D eigenvalue weighted by atomic mass is 16.5. The van der Waals surface area contributed by atoms with Crippen molar-refractivity contribution in [3.63, 3.8) is 0 Å². The van der Waals surface area contributed by atoms with E-state index in [0.29, 0.717) is 13.0 Å². The summed E-state index contributed by atoms with van der Waals surface area (Å²) in [6.07, 6.45) is 0.437. The predicted molar refractivity (Wildman–Crippen MR) is 67.0 cm³/mol. The molecule has 0 saturated carbocycles. The smallest absolute Gasteiger partial charge is 0.305 e. The van der Waals surface area contributed by atoms with Gasteiger partial charge in [0.15, 0.2) is 0 Å². The van der Waals surface area contributed by atoms with Gasteiger partial charge in [-0.2, -0.15) is 0 Å². The number of rotatable bonds is 3. The lowest BCUT2D eigenvalue weighted by atomic mass is 10.2. The van der Waals surface area contributed by atoms with E-state index in [1.54, 1.807) is 6.92 Å². The van der Waals surface area contributed by atoms with Gasteiger partial charge in [-0.3, -0.25) is 4.79 Å². The Morgan fingerprint density at radius 2 is 1.75 bits per heavy atom. The molecule has 0 spiro atoms. The molecule has 0 saturated heterocycles. The first kappa shape index (κ1) is 14.4. The minimum Gasteiger partial charge on any atom is -0.461 e. The fourth-order valence-corrected chi connectivity index (χ4v) is 0.840. The predicted octanol–water partition coefficient (Wildman–Crippen LogP) is 3.72. The highest BCUT2D eigenvalue weighted by Crippen LogP contribution is 2.00. The highest BCUT2D eigenvalue weighted by Gasteiger charge is 1.97. The summed E-state index contributed by atoms with van der Waals surface area (Å²) in [7, 11) is 0. The molecule has 0 heterocycles. The second-order valence-corrected chi connectivity index (χ2v) is 3.71. The Morgan fingerprint density at radius 3 is 2.19 bits per heavy atom. The molecule has 1 aromatic carbocycles. The molecule has 0 radical (unpaired) electrons. The van der Waals surface area contributed by atoms with Gasteiger partial charge in [0.1, 0.15) is 6.61 Å². The molecular formula is C14H20O2. The first-order valence-corrected chi connectivity index (χ1v) is 5.38. The van der Waals surface area contributed by atoms with Gasteiger partial charge >= 0.3 is 5.97 Å². The molecule has 1 rings (SSSR count). The quantitative estimate of drug-likeness (QED) is 0.573. The van der Waals surface area contributed by atoms with Gasteiger partial charge in [-0.25, -0.2) is 0 Å². The molecule has 2 heteroatoms. The summed E-state index contributed by atoms with van der Waals surface area (Å²) in [6, 6.07) is 9.65. The molecule has 1 aromatic rings. The van der Waals surface area contributed by atoms with Gasteiger partial charge in [0, 0.05) is 6.42 Å². The third-order valence-electron chi connectivity index (χ3n) is 1.53. The Morgan fingerprint density at radius 1 is 1.25 bits per heavy atom. The minimum atomic E-state index is -0.154. The number of ether oxygens (including phenoxy) is 1. The summed E-state index contributed by atoms with van der Waals surface area (Å²) in [5.41, 5.74) is 2.19. The average molecular weight is 220 g/mol. The number of carbonyl (C=O) groups is 1. The Bertz CT molecular complexity index is 311. The van der Waals surface area contributed by atoms with E-state index in [9.17, 15) is 4.79 Å². The molecule has 0 amide bonds. The van der Waals surface area contributed by atoms with Crippen LogP contribution in [0.4, 0.5) is 0 Å². The maximum absolute atomic E-state index is 10.8. The molecule has 0 bridgehead atoms. The molecule has 0 aromatic heterocycles. The summed E-state index contributed by atoms with van der Waals surface area (Å²) in [5, 5.41) is 0. The van der Waals surface area contributed by atoms with Crippen molar-refractivity contribution in [3.05, 3.63) is 48.0 Å². The molecule has 0 atom stereocenters. The molecule has 0 aliphatic carbocycles. The topological polar surface area (TPSA) is 26.3 Å². The lowest BCUT2D eigenvalue weighted by Crippen LogP contribution is -2.01. The maximum atomic E-state index is 10.8. The second-order valence-electron chi connectivity index (χ2n) is 3.71. The molecule has 0 aliphatic heterocycles. The molecule has 88 valence electrons. The molecule has 0 aliphatic rings.